The third-order valence-electron chi connectivity index (χ3n) is 4.85. The van der Waals surface area contributed by atoms with Crippen molar-refractivity contribution >= 4 is 0 Å². The molecule has 2 aliphatic rings. The fourth-order valence-electron chi connectivity index (χ4n) is 3.69. The van der Waals surface area contributed by atoms with Gasteiger partial charge in [0.15, 0.2) is 0 Å². The number of hydrogen-bond donors (Lipinski definition) is 1. The number of nitrogens with zero attached hydrogens (tertiary/aromatic N) is 1. The van der Waals surface area contributed by atoms with E-state index >= 15 is 0 Å². The van der Waals surface area contributed by atoms with Crippen LogP contribution in [0.4, 0.5) is 0 Å². The number of rotatable bonds is 4. The Labute approximate surface area is 122 Å². The maximum atomic E-state index is 5.22. The molecule has 1 aromatic carbocycles. The molecule has 1 saturated carbocycles. The van der Waals surface area contributed by atoms with E-state index in [2.05, 4.69) is 34.5 Å². The topological polar surface area (TPSA) is 24.5 Å². The zero-order valence-corrected chi connectivity index (χ0v) is 12.5. The van der Waals surface area contributed by atoms with Crippen LogP contribution in [-0.4, -0.2) is 43.7 Å². The summed E-state index contributed by atoms with van der Waals surface area (Å²) in [5.74, 6) is 0.947. The molecule has 3 rings (SSSR count). The highest BCUT2D eigenvalue weighted by Gasteiger charge is 2.32. The molecule has 3 nitrogen and oxygen atoms in total. The molecule has 1 aliphatic carbocycles. The van der Waals surface area contributed by atoms with E-state index in [9.17, 15) is 0 Å². The molecule has 0 aromatic heterocycles. The van der Waals surface area contributed by atoms with Gasteiger partial charge in [0.05, 0.1) is 7.11 Å². The molecule has 20 heavy (non-hydrogen) atoms. The third kappa shape index (κ3) is 3.15. The van der Waals surface area contributed by atoms with Crippen LogP contribution in [0.15, 0.2) is 24.3 Å². The summed E-state index contributed by atoms with van der Waals surface area (Å²) in [6.07, 6.45) is 6.69. The van der Waals surface area contributed by atoms with Gasteiger partial charge >= 0.3 is 0 Å². The van der Waals surface area contributed by atoms with Crippen molar-refractivity contribution in [2.45, 2.75) is 44.2 Å². The lowest BCUT2D eigenvalue weighted by molar-refractivity contribution is 0.0893. The van der Waals surface area contributed by atoms with Crippen molar-refractivity contribution in [2.24, 2.45) is 0 Å². The van der Waals surface area contributed by atoms with Crippen molar-refractivity contribution in [3.63, 3.8) is 0 Å². The van der Waals surface area contributed by atoms with E-state index in [0.29, 0.717) is 0 Å². The maximum Gasteiger partial charge on any atom is 0.118 e. The largest absolute Gasteiger partial charge is 0.497 e. The Hall–Kier alpha value is -1.06. The summed E-state index contributed by atoms with van der Waals surface area (Å²) in [4.78, 5) is 2.71. The quantitative estimate of drug-likeness (QED) is 0.913. The second kappa shape index (κ2) is 6.59. The van der Waals surface area contributed by atoms with Crippen LogP contribution < -0.4 is 10.1 Å². The van der Waals surface area contributed by atoms with Gasteiger partial charge in [-0.2, -0.15) is 0 Å². The molecular formula is C17H26N2O. The standard InChI is InChI=1S/C17H26N2O/c1-20-15-8-6-14(7-9-15)10-12-19-13-11-18-16-4-2-3-5-17(16)19/h6-9,16-18H,2-5,10-13H2,1H3/t16-,17-/m1/s1. The summed E-state index contributed by atoms with van der Waals surface area (Å²) in [6, 6.07) is 10.0. The summed E-state index contributed by atoms with van der Waals surface area (Å²) in [6.45, 7) is 3.55. The SMILES string of the molecule is COc1ccc(CCN2CCN[C@@H]3CCCC[C@H]32)cc1. The molecule has 3 heteroatoms. The van der Waals surface area contributed by atoms with Gasteiger partial charge in [-0.05, 0) is 37.0 Å². The molecule has 2 fully saturated rings. The Kier molecular flexibility index (Phi) is 4.58. The minimum Gasteiger partial charge on any atom is -0.497 e. The van der Waals surface area contributed by atoms with Gasteiger partial charge in [-0.15, -0.1) is 0 Å². The minimum atomic E-state index is 0.744. The molecule has 1 aromatic rings. The van der Waals surface area contributed by atoms with Crippen LogP contribution in [0.5, 0.6) is 5.75 Å². The van der Waals surface area contributed by atoms with Crippen molar-refractivity contribution in [1.82, 2.24) is 10.2 Å². The number of hydrogen-bond acceptors (Lipinski definition) is 3. The Morgan fingerprint density at radius 2 is 2.00 bits per heavy atom. The lowest BCUT2D eigenvalue weighted by atomic mass is 9.87. The molecule has 1 N–H and O–H groups in total. The number of ether oxygens (including phenoxy) is 1. The van der Waals surface area contributed by atoms with Crippen LogP contribution in [0.2, 0.25) is 0 Å². The number of piperazine rings is 1. The van der Waals surface area contributed by atoms with Crippen molar-refractivity contribution in [1.29, 1.82) is 0 Å². The molecule has 0 bridgehead atoms. The maximum absolute atomic E-state index is 5.22. The molecule has 0 amide bonds. The van der Waals surface area contributed by atoms with Crippen LogP contribution in [0, 0.1) is 0 Å². The first-order valence-electron chi connectivity index (χ1n) is 7.97. The normalized spacial score (nSPS) is 27.1. The first-order valence-corrected chi connectivity index (χ1v) is 7.97. The third-order valence-corrected chi connectivity index (χ3v) is 4.85. The van der Waals surface area contributed by atoms with Gasteiger partial charge in [0.1, 0.15) is 5.75 Å². The highest BCUT2D eigenvalue weighted by atomic mass is 16.5. The Bertz CT molecular complexity index is 416. The molecule has 0 radical (unpaired) electrons. The average Bonchev–Trinajstić information content (AvgIpc) is 2.53. The van der Waals surface area contributed by atoms with E-state index in [1.807, 2.05) is 0 Å². The van der Waals surface area contributed by atoms with Crippen LogP contribution in [0.1, 0.15) is 31.2 Å². The molecule has 2 atom stereocenters. The first kappa shape index (κ1) is 13.9. The number of benzene rings is 1. The number of fused-ring (bicyclic) bond motifs is 1. The summed E-state index contributed by atoms with van der Waals surface area (Å²) in [5, 5.41) is 3.71. The monoisotopic (exact) mass is 274 g/mol. The fraction of sp³-hybridized carbons (Fsp3) is 0.647. The molecule has 0 unspecified atom stereocenters. The van der Waals surface area contributed by atoms with Gasteiger partial charge in [0.2, 0.25) is 0 Å². The highest BCUT2D eigenvalue weighted by molar-refractivity contribution is 5.27. The lowest BCUT2D eigenvalue weighted by Gasteiger charge is -2.44. The van der Waals surface area contributed by atoms with E-state index in [-0.39, 0.29) is 0 Å². The second-order valence-corrected chi connectivity index (χ2v) is 6.05. The predicted molar refractivity (Wildman–Crippen MR) is 82.3 cm³/mol. The fourth-order valence-corrected chi connectivity index (χ4v) is 3.69. The Morgan fingerprint density at radius 3 is 2.80 bits per heavy atom. The zero-order chi connectivity index (χ0) is 13.8. The predicted octanol–water partition coefficient (Wildman–Crippen LogP) is 2.45. The summed E-state index contributed by atoms with van der Waals surface area (Å²) in [5.41, 5.74) is 1.41. The van der Waals surface area contributed by atoms with E-state index < -0.39 is 0 Å². The van der Waals surface area contributed by atoms with E-state index in [1.54, 1.807) is 7.11 Å². The highest BCUT2D eigenvalue weighted by Crippen LogP contribution is 2.25. The van der Waals surface area contributed by atoms with Crippen LogP contribution in [-0.2, 0) is 6.42 Å². The molecule has 1 saturated heterocycles. The Balaban J connectivity index is 1.56. The summed E-state index contributed by atoms with van der Waals surface area (Å²) >= 11 is 0. The zero-order valence-electron chi connectivity index (χ0n) is 12.5. The van der Waals surface area contributed by atoms with Gasteiger partial charge in [-0.1, -0.05) is 25.0 Å². The second-order valence-electron chi connectivity index (χ2n) is 6.05. The van der Waals surface area contributed by atoms with Crippen LogP contribution in [0.25, 0.3) is 0 Å². The molecular weight excluding hydrogens is 248 g/mol. The number of methoxy groups -OCH3 is 1. The van der Waals surface area contributed by atoms with Crippen molar-refractivity contribution in [3.05, 3.63) is 29.8 Å². The van der Waals surface area contributed by atoms with Crippen molar-refractivity contribution in [3.8, 4) is 5.75 Å². The van der Waals surface area contributed by atoms with E-state index in [4.69, 9.17) is 4.74 Å². The van der Waals surface area contributed by atoms with Gasteiger partial charge < -0.3 is 10.1 Å². The minimum absolute atomic E-state index is 0.744. The van der Waals surface area contributed by atoms with Gasteiger partial charge in [0.25, 0.3) is 0 Å². The van der Waals surface area contributed by atoms with Gasteiger partial charge in [0, 0.05) is 31.7 Å². The average molecular weight is 274 g/mol. The smallest absolute Gasteiger partial charge is 0.118 e. The summed E-state index contributed by atoms with van der Waals surface area (Å²) in [7, 11) is 1.72. The lowest BCUT2D eigenvalue weighted by Crippen LogP contribution is -2.59. The number of nitrogens with one attached hydrogen (secondary N) is 1. The van der Waals surface area contributed by atoms with Gasteiger partial charge in [-0.25, -0.2) is 0 Å². The van der Waals surface area contributed by atoms with E-state index in [0.717, 1.165) is 30.8 Å². The van der Waals surface area contributed by atoms with Gasteiger partial charge in [-0.3, -0.25) is 4.90 Å². The first-order chi connectivity index (χ1) is 9.86. The van der Waals surface area contributed by atoms with Crippen molar-refractivity contribution < 1.29 is 4.74 Å². The molecule has 1 aliphatic heterocycles. The van der Waals surface area contributed by atoms with Crippen LogP contribution >= 0.6 is 0 Å². The molecule has 110 valence electrons. The van der Waals surface area contributed by atoms with Crippen molar-refractivity contribution in [2.75, 3.05) is 26.7 Å². The summed E-state index contributed by atoms with van der Waals surface area (Å²) < 4.78 is 5.22. The Morgan fingerprint density at radius 1 is 1.20 bits per heavy atom. The molecule has 0 spiro atoms. The van der Waals surface area contributed by atoms with E-state index in [1.165, 1.54) is 44.3 Å². The molecule has 1 heterocycles. The van der Waals surface area contributed by atoms with Crippen LogP contribution in [0.3, 0.4) is 0 Å².